The average Bonchev–Trinajstić information content (AvgIpc) is 2.92. The molecule has 2 N–H and O–H groups in total. The van der Waals surface area contributed by atoms with E-state index in [9.17, 15) is 4.79 Å². The zero-order valence-corrected chi connectivity index (χ0v) is 13.6. The van der Waals surface area contributed by atoms with Crippen LogP contribution < -0.4 is 5.73 Å². The number of hydrogen-bond acceptors (Lipinski definition) is 3. The molecule has 1 aromatic heterocycles. The molecule has 0 radical (unpaired) electrons. The summed E-state index contributed by atoms with van der Waals surface area (Å²) in [6.07, 6.45) is 0.666. The number of benzene rings is 2. The lowest BCUT2D eigenvalue weighted by Crippen LogP contribution is -2.17. The molecule has 0 fully saturated rings. The number of primary amides is 1. The van der Waals surface area contributed by atoms with Crippen molar-refractivity contribution in [1.29, 1.82) is 0 Å². The Morgan fingerprint density at radius 1 is 1.04 bits per heavy atom. The lowest BCUT2D eigenvalue weighted by Gasteiger charge is -2.12. The Hall–Kier alpha value is -3.01. The van der Waals surface area contributed by atoms with Crippen LogP contribution in [0.15, 0.2) is 42.5 Å². The molecule has 118 valence electrons. The van der Waals surface area contributed by atoms with E-state index in [0.29, 0.717) is 6.42 Å². The van der Waals surface area contributed by atoms with Gasteiger partial charge in [0, 0.05) is 17.5 Å². The van der Waals surface area contributed by atoms with Crippen molar-refractivity contribution in [3.63, 3.8) is 0 Å². The summed E-state index contributed by atoms with van der Waals surface area (Å²) < 4.78 is 0. The summed E-state index contributed by atoms with van der Waals surface area (Å²) in [5, 5.41) is 8.52. The molecule has 3 aromatic rings. The Morgan fingerprint density at radius 2 is 1.83 bits per heavy atom. The summed E-state index contributed by atoms with van der Waals surface area (Å²) in [5.74, 6) is -0.528. The first-order chi connectivity index (χ1) is 11.6. The minimum absolute atomic E-state index is 0.274. The fourth-order valence-corrected chi connectivity index (χ4v) is 3.46. The molecule has 4 rings (SSSR count). The summed E-state index contributed by atoms with van der Waals surface area (Å²) in [6.45, 7) is 4.12. The Kier molecular flexibility index (Phi) is 3.20. The molecule has 0 saturated heterocycles. The Labute approximate surface area is 140 Å². The third-order valence-corrected chi connectivity index (χ3v) is 4.61. The van der Waals surface area contributed by atoms with E-state index in [0.717, 1.165) is 33.5 Å². The molecule has 1 amide bonds. The topological polar surface area (TPSA) is 68.9 Å². The van der Waals surface area contributed by atoms with Crippen LogP contribution in [0.4, 0.5) is 0 Å². The van der Waals surface area contributed by atoms with Gasteiger partial charge in [-0.2, -0.15) is 0 Å². The Bertz CT molecular complexity index is 992. The first kappa shape index (κ1) is 14.6. The third kappa shape index (κ3) is 2.11. The molecule has 0 saturated carbocycles. The SMILES string of the molecule is Cc1ccc2c(c1)Cc1c(C(N)=O)nnc(-c3ccccc3C)c1-2. The van der Waals surface area contributed by atoms with Crippen LogP contribution in [0.3, 0.4) is 0 Å². The van der Waals surface area contributed by atoms with Gasteiger partial charge in [-0.15, -0.1) is 10.2 Å². The zero-order chi connectivity index (χ0) is 16.8. The fourth-order valence-electron chi connectivity index (χ4n) is 3.46. The van der Waals surface area contributed by atoms with Gasteiger partial charge in [-0.1, -0.05) is 48.0 Å². The number of nitrogens with two attached hydrogens (primary N) is 1. The van der Waals surface area contributed by atoms with Crippen molar-refractivity contribution in [2.24, 2.45) is 5.73 Å². The van der Waals surface area contributed by atoms with Crippen molar-refractivity contribution >= 4 is 5.91 Å². The predicted octanol–water partition coefficient (Wildman–Crippen LogP) is 3.43. The molecule has 1 heterocycles. The lowest BCUT2D eigenvalue weighted by molar-refractivity contribution is 0.0994. The van der Waals surface area contributed by atoms with Crippen molar-refractivity contribution in [3.8, 4) is 22.4 Å². The van der Waals surface area contributed by atoms with E-state index in [1.165, 1.54) is 11.1 Å². The van der Waals surface area contributed by atoms with Crippen LogP contribution in [0.2, 0.25) is 0 Å². The predicted molar refractivity (Wildman–Crippen MR) is 93.7 cm³/mol. The maximum atomic E-state index is 11.8. The second kappa shape index (κ2) is 5.27. The van der Waals surface area contributed by atoms with Crippen molar-refractivity contribution in [1.82, 2.24) is 10.2 Å². The summed E-state index contributed by atoms with van der Waals surface area (Å²) in [4.78, 5) is 11.8. The van der Waals surface area contributed by atoms with Crippen molar-refractivity contribution in [2.75, 3.05) is 0 Å². The van der Waals surface area contributed by atoms with Gasteiger partial charge in [-0.25, -0.2) is 0 Å². The van der Waals surface area contributed by atoms with Crippen molar-refractivity contribution < 1.29 is 4.79 Å². The quantitative estimate of drug-likeness (QED) is 0.616. The third-order valence-electron chi connectivity index (χ3n) is 4.61. The van der Waals surface area contributed by atoms with Crippen LogP contribution in [0.5, 0.6) is 0 Å². The van der Waals surface area contributed by atoms with E-state index in [1.54, 1.807) is 0 Å². The van der Waals surface area contributed by atoms with E-state index < -0.39 is 5.91 Å². The number of nitrogens with zero attached hydrogens (tertiary/aromatic N) is 2. The summed E-state index contributed by atoms with van der Waals surface area (Å²) in [6, 6.07) is 14.4. The van der Waals surface area contributed by atoms with E-state index >= 15 is 0 Å². The van der Waals surface area contributed by atoms with Gasteiger partial charge in [0.15, 0.2) is 5.69 Å². The number of carbonyl (C=O) groups excluding carboxylic acids is 1. The number of amides is 1. The smallest absolute Gasteiger partial charge is 0.269 e. The molecule has 2 aromatic carbocycles. The molecule has 0 bridgehead atoms. The largest absolute Gasteiger partial charge is 0.364 e. The van der Waals surface area contributed by atoms with Crippen LogP contribution in [-0.4, -0.2) is 16.1 Å². The van der Waals surface area contributed by atoms with Crippen LogP contribution >= 0.6 is 0 Å². The maximum Gasteiger partial charge on any atom is 0.269 e. The molecule has 4 nitrogen and oxygen atoms in total. The lowest BCUT2D eigenvalue weighted by atomic mass is 9.96. The minimum Gasteiger partial charge on any atom is -0.364 e. The molecule has 0 aliphatic heterocycles. The summed E-state index contributed by atoms with van der Waals surface area (Å²) in [5.41, 5.74) is 14.2. The van der Waals surface area contributed by atoms with Crippen molar-refractivity contribution in [2.45, 2.75) is 20.3 Å². The molecule has 1 aliphatic rings. The molecule has 4 heteroatoms. The molecule has 0 unspecified atom stereocenters. The first-order valence-electron chi connectivity index (χ1n) is 7.91. The number of fused-ring (bicyclic) bond motifs is 3. The van der Waals surface area contributed by atoms with E-state index in [1.807, 2.05) is 18.2 Å². The van der Waals surface area contributed by atoms with Gasteiger partial charge in [0.1, 0.15) is 5.69 Å². The number of rotatable bonds is 2. The van der Waals surface area contributed by atoms with Crippen LogP contribution in [-0.2, 0) is 6.42 Å². The van der Waals surface area contributed by atoms with Crippen LogP contribution in [0, 0.1) is 13.8 Å². The number of aromatic nitrogens is 2. The number of hydrogen-bond donors (Lipinski definition) is 1. The molecule has 0 spiro atoms. The van der Waals surface area contributed by atoms with Gasteiger partial charge >= 0.3 is 0 Å². The second-order valence-corrected chi connectivity index (χ2v) is 6.27. The van der Waals surface area contributed by atoms with Gasteiger partial charge in [-0.05, 0) is 36.1 Å². The highest BCUT2D eigenvalue weighted by molar-refractivity contribution is 5.99. The van der Waals surface area contributed by atoms with Crippen LogP contribution in [0.1, 0.15) is 32.7 Å². The maximum absolute atomic E-state index is 11.8. The van der Waals surface area contributed by atoms with E-state index in [-0.39, 0.29) is 5.69 Å². The second-order valence-electron chi connectivity index (χ2n) is 6.27. The Balaban J connectivity index is 2.06. The van der Waals surface area contributed by atoms with E-state index in [4.69, 9.17) is 5.73 Å². The van der Waals surface area contributed by atoms with Gasteiger partial charge in [-0.3, -0.25) is 4.79 Å². The van der Waals surface area contributed by atoms with E-state index in [2.05, 4.69) is 48.3 Å². The monoisotopic (exact) mass is 315 g/mol. The standard InChI is InChI=1S/C20H17N3O/c1-11-7-8-15-13(9-11)10-16-17(15)18(22-23-19(16)20(21)24)14-6-4-3-5-12(14)2/h3-9H,10H2,1-2H3,(H2,21,24). The molecule has 0 atom stereocenters. The first-order valence-corrected chi connectivity index (χ1v) is 7.91. The minimum atomic E-state index is -0.528. The Morgan fingerprint density at radius 3 is 2.58 bits per heavy atom. The highest BCUT2D eigenvalue weighted by Crippen LogP contribution is 2.43. The highest BCUT2D eigenvalue weighted by Gasteiger charge is 2.29. The van der Waals surface area contributed by atoms with Crippen molar-refractivity contribution in [3.05, 3.63) is 70.4 Å². The van der Waals surface area contributed by atoms with Gasteiger partial charge in [0.25, 0.3) is 5.91 Å². The summed E-state index contributed by atoms with van der Waals surface area (Å²) >= 11 is 0. The zero-order valence-electron chi connectivity index (χ0n) is 13.6. The van der Waals surface area contributed by atoms with Crippen LogP contribution in [0.25, 0.3) is 22.4 Å². The molecule has 24 heavy (non-hydrogen) atoms. The summed E-state index contributed by atoms with van der Waals surface area (Å²) in [7, 11) is 0. The highest BCUT2D eigenvalue weighted by atomic mass is 16.1. The molecular formula is C20H17N3O. The normalized spacial score (nSPS) is 11.9. The molecule has 1 aliphatic carbocycles. The number of carbonyl (C=O) groups is 1. The molecular weight excluding hydrogens is 298 g/mol. The van der Waals surface area contributed by atoms with Gasteiger partial charge in [0.2, 0.25) is 0 Å². The van der Waals surface area contributed by atoms with Gasteiger partial charge < -0.3 is 5.73 Å². The van der Waals surface area contributed by atoms with Gasteiger partial charge in [0.05, 0.1) is 0 Å². The fraction of sp³-hybridized carbons (Fsp3) is 0.150. The number of aryl methyl sites for hydroxylation is 2. The average molecular weight is 315 g/mol.